The number of hydrogen-bond acceptors (Lipinski definition) is 5. The second-order valence-electron chi connectivity index (χ2n) is 8.06. The number of methoxy groups -OCH3 is 1. The number of ether oxygens (including phenoxy) is 1. The van der Waals surface area contributed by atoms with E-state index >= 15 is 0 Å². The zero-order chi connectivity index (χ0) is 22.5. The molecule has 3 aromatic rings. The van der Waals surface area contributed by atoms with E-state index in [2.05, 4.69) is 20.4 Å². The van der Waals surface area contributed by atoms with Gasteiger partial charge in [0.2, 0.25) is 5.91 Å². The molecule has 1 atom stereocenters. The molecule has 0 spiro atoms. The van der Waals surface area contributed by atoms with Crippen molar-refractivity contribution in [1.82, 2.24) is 15.5 Å². The first kappa shape index (κ1) is 21.7. The number of rotatable bonds is 6. The Kier molecular flexibility index (Phi) is 6.63. The van der Waals surface area contributed by atoms with Gasteiger partial charge in [-0.05, 0) is 61.7 Å². The molecule has 2 aromatic carbocycles. The van der Waals surface area contributed by atoms with Gasteiger partial charge in [0.05, 0.1) is 18.8 Å². The second kappa shape index (κ2) is 9.77. The smallest absolute Gasteiger partial charge is 0.223 e. The summed E-state index contributed by atoms with van der Waals surface area (Å²) in [5.41, 5.74) is 2.35. The minimum Gasteiger partial charge on any atom is -0.497 e. The molecule has 1 N–H and O–H groups in total. The summed E-state index contributed by atoms with van der Waals surface area (Å²) in [6, 6.07) is 17.7. The van der Waals surface area contributed by atoms with Crippen molar-refractivity contribution in [2.75, 3.05) is 25.1 Å². The second-order valence-corrected chi connectivity index (χ2v) is 8.06. The van der Waals surface area contributed by atoms with Crippen molar-refractivity contribution in [2.45, 2.75) is 25.8 Å². The summed E-state index contributed by atoms with van der Waals surface area (Å²) in [5.74, 6) is 1.30. The molecule has 0 saturated carbocycles. The molecule has 32 heavy (non-hydrogen) atoms. The molecule has 0 bridgehead atoms. The molecule has 1 unspecified atom stereocenters. The van der Waals surface area contributed by atoms with E-state index in [1.165, 1.54) is 12.1 Å². The molecule has 1 amide bonds. The van der Waals surface area contributed by atoms with Crippen molar-refractivity contribution in [3.63, 3.8) is 0 Å². The van der Waals surface area contributed by atoms with Crippen molar-refractivity contribution in [2.24, 2.45) is 5.92 Å². The quantitative estimate of drug-likeness (QED) is 0.623. The van der Waals surface area contributed by atoms with Crippen molar-refractivity contribution in [3.05, 3.63) is 72.0 Å². The van der Waals surface area contributed by atoms with Crippen LogP contribution in [-0.4, -0.2) is 36.3 Å². The lowest BCUT2D eigenvalue weighted by atomic mass is 9.95. The van der Waals surface area contributed by atoms with Crippen molar-refractivity contribution in [3.8, 4) is 17.0 Å². The number of amides is 1. The number of nitrogens with one attached hydrogen (secondary N) is 1. The number of hydrogen-bond donors (Lipinski definition) is 1. The van der Waals surface area contributed by atoms with E-state index in [1.807, 2.05) is 49.4 Å². The van der Waals surface area contributed by atoms with Gasteiger partial charge in [-0.3, -0.25) is 4.79 Å². The maximum Gasteiger partial charge on any atom is 0.223 e. The van der Waals surface area contributed by atoms with E-state index in [-0.39, 0.29) is 23.7 Å². The third-order valence-corrected chi connectivity index (χ3v) is 5.91. The van der Waals surface area contributed by atoms with Gasteiger partial charge < -0.3 is 15.0 Å². The summed E-state index contributed by atoms with van der Waals surface area (Å²) in [7, 11) is 1.63. The minimum atomic E-state index is -0.297. The predicted octanol–water partition coefficient (Wildman–Crippen LogP) is 4.39. The molecule has 166 valence electrons. The molecule has 6 nitrogen and oxygen atoms in total. The van der Waals surface area contributed by atoms with Gasteiger partial charge in [-0.2, -0.15) is 0 Å². The normalized spacial score (nSPS) is 15.3. The van der Waals surface area contributed by atoms with Gasteiger partial charge in [-0.15, -0.1) is 10.2 Å². The van der Waals surface area contributed by atoms with Crippen LogP contribution in [0.15, 0.2) is 60.7 Å². The molecule has 4 rings (SSSR count). The fourth-order valence-electron chi connectivity index (χ4n) is 3.99. The first-order valence-electron chi connectivity index (χ1n) is 10.8. The number of carbonyl (C=O) groups is 1. The van der Waals surface area contributed by atoms with Gasteiger partial charge >= 0.3 is 0 Å². The van der Waals surface area contributed by atoms with Gasteiger partial charge in [0, 0.05) is 24.6 Å². The highest BCUT2D eigenvalue weighted by molar-refractivity contribution is 5.79. The molecule has 0 aliphatic carbocycles. The predicted molar refractivity (Wildman–Crippen MR) is 122 cm³/mol. The van der Waals surface area contributed by atoms with Crippen molar-refractivity contribution < 1.29 is 13.9 Å². The summed E-state index contributed by atoms with van der Waals surface area (Å²) in [6.07, 6.45) is 1.51. The highest BCUT2D eigenvalue weighted by Gasteiger charge is 2.27. The van der Waals surface area contributed by atoms with Gasteiger partial charge in [0.25, 0.3) is 0 Å². The lowest BCUT2D eigenvalue weighted by Crippen LogP contribution is -2.41. The van der Waals surface area contributed by atoms with Gasteiger partial charge in [-0.25, -0.2) is 4.39 Å². The Morgan fingerprint density at radius 2 is 1.88 bits per heavy atom. The topological polar surface area (TPSA) is 67.3 Å². The van der Waals surface area contributed by atoms with Crippen LogP contribution < -0.4 is 15.0 Å². The lowest BCUT2D eigenvalue weighted by Gasteiger charge is -2.32. The van der Waals surface area contributed by atoms with Crippen LogP contribution in [0.4, 0.5) is 10.2 Å². The number of carbonyl (C=O) groups excluding carboxylic acids is 1. The Bertz CT molecular complexity index is 1070. The monoisotopic (exact) mass is 434 g/mol. The molecule has 1 aliphatic rings. The fraction of sp³-hybridized carbons (Fsp3) is 0.320. The lowest BCUT2D eigenvalue weighted by molar-refractivity contribution is -0.126. The molecule has 1 fully saturated rings. The Hall–Kier alpha value is -3.48. The number of halogens is 1. The van der Waals surface area contributed by atoms with E-state index in [9.17, 15) is 9.18 Å². The van der Waals surface area contributed by atoms with Gasteiger partial charge in [0.15, 0.2) is 5.82 Å². The van der Waals surface area contributed by atoms with Crippen LogP contribution in [0, 0.1) is 11.7 Å². The molecule has 1 aromatic heterocycles. The van der Waals surface area contributed by atoms with Crippen molar-refractivity contribution in [1.29, 1.82) is 0 Å². The Labute approximate surface area is 187 Å². The van der Waals surface area contributed by atoms with E-state index < -0.39 is 0 Å². The van der Waals surface area contributed by atoms with E-state index in [0.29, 0.717) is 11.3 Å². The van der Waals surface area contributed by atoms with E-state index in [0.717, 1.165) is 43.1 Å². The number of anilines is 1. The molecular formula is C25H27FN4O2. The number of aromatic nitrogens is 2. The number of piperidine rings is 1. The molecule has 2 heterocycles. The minimum absolute atomic E-state index is 0.0289. The summed E-state index contributed by atoms with van der Waals surface area (Å²) in [6.45, 7) is 3.46. The Morgan fingerprint density at radius 1 is 1.09 bits per heavy atom. The summed E-state index contributed by atoms with van der Waals surface area (Å²) in [4.78, 5) is 14.9. The number of nitrogens with zero attached hydrogens (tertiary/aromatic N) is 3. The average molecular weight is 435 g/mol. The first-order valence-corrected chi connectivity index (χ1v) is 10.8. The van der Waals surface area contributed by atoms with Gasteiger partial charge in [0.1, 0.15) is 11.6 Å². The van der Waals surface area contributed by atoms with Crippen LogP contribution in [-0.2, 0) is 4.79 Å². The Morgan fingerprint density at radius 3 is 2.56 bits per heavy atom. The molecule has 1 aliphatic heterocycles. The summed E-state index contributed by atoms with van der Waals surface area (Å²) >= 11 is 0. The molecular weight excluding hydrogens is 407 g/mol. The molecule has 0 radical (unpaired) electrons. The highest BCUT2D eigenvalue weighted by atomic mass is 19.1. The van der Waals surface area contributed by atoms with Crippen LogP contribution in [0.25, 0.3) is 11.3 Å². The largest absolute Gasteiger partial charge is 0.497 e. The van der Waals surface area contributed by atoms with Crippen LogP contribution >= 0.6 is 0 Å². The Balaban J connectivity index is 1.32. The van der Waals surface area contributed by atoms with Crippen molar-refractivity contribution >= 4 is 11.7 Å². The standard InChI is InChI=1S/C25H27FN4O2/c1-17(19-5-4-8-22(16-19)32-2)27-25(31)18-11-13-30(14-12-18)24-10-9-23(28-29-24)20-6-3-7-21(26)15-20/h3-10,15-18H,11-14H2,1-2H3,(H,27,31). The van der Waals surface area contributed by atoms with E-state index in [1.54, 1.807) is 13.2 Å². The van der Waals surface area contributed by atoms with Crippen LogP contribution in [0.3, 0.4) is 0 Å². The highest BCUT2D eigenvalue weighted by Crippen LogP contribution is 2.25. The maximum absolute atomic E-state index is 13.4. The summed E-state index contributed by atoms with van der Waals surface area (Å²) in [5, 5.41) is 11.7. The van der Waals surface area contributed by atoms with Crippen LogP contribution in [0.5, 0.6) is 5.75 Å². The zero-order valence-corrected chi connectivity index (χ0v) is 18.3. The van der Waals surface area contributed by atoms with Gasteiger partial charge in [-0.1, -0.05) is 24.3 Å². The van der Waals surface area contributed by atoms with E-state index in [4.69, 9.17) is 4.74 Å². The molecule has 7 heteroatoms. The zero-order valence-electron chi connectivity index (χ0n) is 18.3. The maximum atomic E-state index is 13.4. The molecule has 1 saturated heterocycles. The van der Waals surface area contributed by atoms with Crippen LogP contribution in [0.1, 0.15) is 31.4 Å². The third-order valence-electron chi connectivity index (χ3n) is 5.91. The summed E-state index contributed by atoms with van der Waals surface area (Å²) < 4.78 is 18.7. The number of benzene rings is 2. The fourth-order valence-corrected chi connectivity index (χ4v) is 3.99. The third kappa shape index (κ3) is 5.04. The first-order chi connectivity index (χ1) is 15.5. The van der Waals surface area contributed by atoms with Crippen LogP contribution in [0.2, 0.25) is 0 Å². The SMILES string of the molecule is COc1cccc(C(C)NC(=O)C2CCN(c3ccc(-c4cccc(F)c4)nn3)CC2)c1. The average Bonchev–Trinajstić information content (AvgIpc) is 2.84.